The van der Waals surface area contributed by atoms with Gasteiger partial charge in [-0.2, -0.15) is 0 Å². The lowest BCUT2D eigenvalue weighted by molar-refractivity contribution is -0.139. The summed E-state index contributed by atoms with van der Waals surface area (Å²) in [6, 6.07) is 6.14. The Hall–Kier alpha value is -1.51. The van der Waals surface area contributed by atoms with Gasteiger partial charge < -0.3 is 9.84 Å². The molecule has 1 aromatic rings. The van der Waals surface area contributed by atoms with Crippen LogP contribution in [0.1, 0.15) is 24.0 Å². The van der Waals surface area contributed by atoms with Crippen LogP contribution in [0, 0.1) is 11.3 Å². The summed E-state index contributed by atoms with van der Waals surface area (Å²) in [5.41, 5.74) is 2.69. The molecule has 1 spiro atoms. The second kappa shape index (κ2) is 3.49. The number of carbonyl (C=O) groups is 1. The summed E-state index contributed by atoms with van der Waals surface area (Å²) in [7, 11) is 1.67. The molecule has 3 heteroatoms. The summed E-state index contributed by atoms with van der Waals surface area (Å²) in [6.07, 6.45) is 3.76. The predicted octanol–water partition coefficient (Wildman–Crippen LogP) is 2.27. The van der Waals surface area contributed by atoms with Crippen LogP contribution in [-0.4, -0.2) is 18.2 Å². The second-order valence-corrected chi connectivity index (χ2v) is 5.27. The van der Waals surface area contributed by atoms with E-state index in [4.69, 9.17) is 9.84 Å². The van der Waals surface area contributed by atoms with Crippen molar-refractivity contribution in [1.29, 1.82) is 0 Å². The van der Waals surface area contributed by atoms with Crippen molar-refractivity contribution < 1.29 is 14.6 Å². The predicted molar refractivity (Wildman–Crippen MR) is 63.2 cm³/mol. The fourth-order valence-electron chi connectivity index (χ4n) is 3.15. The van der Waals surface area contributed by atoms with Crippen LogP contribution in [0.25, 0.3) is 0 Å². The minimum Gasteiger partial charge on any atom is -0.497 e. The molecule has 2 aliphatic carbocycles. The van der Waals surface area contributed by atoms with Crippen molar-refractivity contribution in [2.45, 2.75) is 25.7 Å². The van der Waals surface area contributed by atoms with Crippen molar-refractivity contribution in [2.75, 3.05) is 7.11 Å². The van der Waals surface area contributed by atoms with E-state index >= 15 is 0 Å². The number of ether oxygens (including phenoxy) is 1. The molecule has 1 saturated carbocycles. The van der Waals surface area contributed by atoms with Gasteiger partial charge in [0, 0.05) is 0 Å². The van der Waals surface area contributed by atoms with Crippen LogP contribution in [0.15, 0.2) is 18.2 Å². The topological polar surface area (TPSA) is 46.5 Å². The first kappa shape index (κ1) is 10.6. The minimum absolute atomic E-state index is 0.0629. The number of carboxylic acids is 1. The minimum atomic E-state index is -0.623. The molecular formula is C14H16O3. The van der Waals surface area contributed by atoms with E-state index in [9.17, 15) is 4.79 Å². The molecule has 0 aliphatic heterocycles. The molecule has 0 radical (unpaired) electrons. The number of hydrogen-bond acceptors (Lipinski definition) is 2. The summed E-state index contributed by atoms with van der Waals surface area (Å²) >= 11 is 0. The van der Waals surface area contributed by atoms with Crippen molar-refractivity contribution in [2.24, 2.45) is 11.3 Å². The summed E-state index contributed by atoms with van der Waals surface area (Å²) in [6.45, 7) is 0. The van der Waals surface area contributed by atoms with E-state index in [1.54, 1.807) is 7.11 Å². The molecule has 0 amide bonds. The second-order valence-electron chi connectivity index (χ2n) is 5.27. The third-order valence-corrected chi connectivity index (χ3v) is 4.34. The fourth-order valence-corrected chi connectivity index (χ4v) is 3.15. The van der Waals surface area contributed by atoms with E-state index in [2.05, 4.69) is 12.1 Å². The number of aryl methyl sites for hydroxylation is 1. The Balaban J connectivity index is 1.85. The summed E-state index contributed by atoms with van der Waals surface area (Å²) < 4.78 is 5.21. The van der Waals surface area contributed by atoms with Gasteiger partial charge in [0.05, 0.1) is 13.0 Å². The molecule has 3 rings (SSSR count). The Morgan fingerprint density at radius 3 is 2.94 bits per heavy atom. The number of methoxy groups -OCH3 is 1. The SMILES string of the molecule is COc1ccc2c(c1)CCC1(C2)CC1C(=O)O. The van der Waals surface area contributed by atoms with Crippen LogP contribution in [0.2, 0.25) is 0 Å². The van der Waals surface area contributed by atoms with Gasteiger partial charge in [0.2, 0.25) is 0 Å². The molecular weight excluding hydrogens is 216 g/mol. The maximum Gasteiger partial charge on any atom is 0.307 e. The Morgan fingerprint density at radius 1 is 1.47 bits per heavy atom. The molecule has 0 heterocycles. The van der Waals surface area contributed by atoms with Crippen LogP contribution >= 0.6 is 0 Å². The lowest BCUT2D eigenvalue weighted by Gasteiger charge is -2.25. The van der Waals surface area contributed by atoms with Gasteiger partial charge in [-0.05, 0) is 54.4 Å². The maximum absolute atomic E-state index is 11.0. The van der Waals surface area contributed by atoms with E-state index in [-0.39, 0.29) is 11.3 Å². The zero-order valence-electron chi connectivity index (χ0n) is 9.90. The summed E-state index contributed by atoms with van der Waals surface area (Å²) in [5.74, 6) is 0.157. The Kier molecular flexibility index (Phi) is 2.18. The molecule has 2 unspecified atom stereocenters. The Morgan fingerprint density at radius 2 is 2.29 bits per heavy atom. The quantitative estimate of drug-likeness (QED) is 0.850. The number of hydrogen-bond donors (Lipinski definition) is 1. The van der Waals surface area contributed by atoms with Crippen LogP contribution in [0.4, 0.5) is 0 Å². The Bertz CT molecular complexity index is 480. The number of rotatable bonds is 2. The van der Waals surface area contributed by atoms with Crippen LogP contribution < -0.4 is 4.74 Å². The highest BCUT2D eigenvalue weighted by Crippen LogP contribution is 2.60. The maximum atomic E-state index is 11.0. The molecule has 90 valence electrons. The number of benzene rings is 1. The van der Waals surface area contributed by atoms with Gasteiger partial charge in [-0.3, -0.25) is 4.79 Å². The molecule has 1 N–H and O–H groups in total. The molecule has 2 atom stereocenters. The van der Waals surface area contributed by atoms with Gasteiger partial charge in [-0.1, -0.05) is 6.07 Å². The average molecular weight is 232 g/mol. The van der Waals surface area contributed by atoms with Crippen LogP contribution in [0.5, 0.6) is 5.75 Å². The fraction of sp³-hybridized carbons (Fsp3) is 0.500. The smallest absolute Gasteiger partial charge is 0.307 e. The zero-order valence-corrected chi connectivity index (χ0v) is 9.90. The van der Waals surface area contributed by atoms with Crippen molar-refractivity contribution in [1.82, 2.24) is 0 Å². The highest BCUT2D eigenvalue weighted by molar-refractivity contribution is 5.75. The van der Waals surface area contributed by atoms with E-state index in [0.717, 1.165) is 31.4 Å². The highest BCUT2D eigenvalue weighted by atomic mass is 16.5. The van der Waals surface area contributed by atoms with Crippen molar-refractivity contribution in [3.63, 3.8) is 0 Å². The van der Waals surface area contributed by atoms with Gasteiger partial charge in [0.15, 0.2) is 0 Å². The highest BCUT2D eigenvalue weighted by Gasteiger charge is 2.58. The Labute approximate surface area is 100 Å². The van der Waals surface area contributed by atoms with Gasteiger partial charge in [0.1, 0.15) is 5.75 Å². The number of aliphatic carboxylic acids is 1. The molecule has 0 saturated heterocycles. The van der Waals surface area contributed by atoms with Crippen molar-refractivity contribution in [3.05, 3.63) is 29.3 Å². The lowest BCUT2D eigenvalue weighted by Crippen LogP contribution is -2.20. The first-order chi connectivity index (χ1) is 8.14. The van der Waals surface area contributed by atoms with Crippen LogP contribution in [-0.2, 0) is 17.6 Å². The van der Waals surface area contributed by atoms with Gasteiger partial charge >= 0.3 is 5.97 Å². The first-order valence-electron chi connectivity index (χ1n) is 6.03. The van der Waals surface area contributed by atoms with E-state index in [1.807, 2.05) is 6.07 Å². The van der Waals surface area contributed by atoms with Crippen LogP contribution in [0.3, 0.4) is 0 Å². The average Bonchev–Trinajstić information content (AvgIpc) is 3.03. The lowest BCUT2D eigenvalue weighted by atomic mass is 9.80. The molecule has 1 fully saturated rings. The van der Waals surface area contributed by atoms with Crippen molar-refractivity contribution >= 4 is 5.97 Å². The monoisotopic (exact) mass is 232 g/mol. The number of carboxylic acid groups (broad SMARTS) is 1. The van der Waals surface area contributed by atoms with Gasteiger partial charge in [-0.25, -0.2) is 0 Å². The third-order valence-electron chi connectivity index (χ3n) is 4.34. The van der Waals surface area contributed by atoms with E-state index < -0.39 is 5.97 Å². The van der Waals surface area contributed by atoms with Gasteiger partial charge in [0.25, 0.3) is 0 Å². The molecule has 1 aromatic carbocycles. The van der Waals surface area contributed by atoms with Crippen molar-refractivity contribution in [3.8, 4) is 5.75 Å². The normalized spacial score (nSPS) is 29.8. The summed E-state index contributed by atoms with van der Waals surface area (Å²) in [5, 5.41) is 9.08. The first-order valence-corrected chi connectivity index (χ1v) is 6.03. The summed E-state index contributed by atoms with van der Waals surface area (Å²) in [4.78, 5) is 11.0. The molecule has 3 nitrogen and oxygen atoms in total. The standard InChI is InChI=1S/C14H16O3/c1-17-11-3-2-10-7-14(5-4-9(10)6-11)8-12(14)13(15)16/h2-3,6,12H,4-5,7-8H2,1H3,(H,15,16). The van der Waals surface area contributed by atoms with Gasteiger partial charge in [-0.15, -0.1) is 0 Å². The van der Waals surface area contributed by atoms with E-state index in [1.165, 1.54) is 11.1 Å². The molecule has 2 aliphatic rings. The molecule has 0 bridgehead atoms. The molecule has 17 heavy (non-hydrogen) atoms. The molecule has 0 aromatic heterocycles. The van der Waals surface area contributed by atoms with E-state index in [0.29, 0.717) is 0 Å². The zero-order chi connectivity index (χ0) is 12.0. The third kappa shape index (κ3) is 1.61. The largest absolute Gasteiger partial charge is 0.497 e. The number of fused-ring (bicyclic) bond motifs is 1.